The molecule has 0 saturated carbocycles. The smallest absolute Gasteiger partial charge is 0.328 e. The van der Waals surface area contributed by atoms with Gasteiger partial charge in [-0.2, -0.15) is 0 Å². The Morgan fingerprint density at radius 1 is 1.33 bits per heavy atom. The lowest BCUT2D eigenvalue weighted by Crippen LogP contribution is -2.34. The van der Waals surface area contributed by atoms with E-state index in [1.165, 1.54) is 6.08 Å². The van der Waals surface area contributed by atoms with Gasteiger partial charge in [-0.05, 0) is 49.5 Å². The summed E-state index contributed by atoms with van der Waals surface area (Å²) in [7, 11) is 0. The third-order valence-corrected chi connectivity index (χ3v) is 3.96. The zero-order chi connectivity index (χ0) is 15.6. The molecule has 1 N–H and O–H groups in total. The Hall–Kier alpha value is -2.10. The fourth-order valence-electron chi connectivity index (χ4n) is 2.88. The van der Waals surface area contributed by atoms with Gasteiger partial charge in [-0.3, -0.25) is 4.79 Å². The first-order valence-corrected chi connectivity index (χ1v) is 7.21. The lowest BCUT2D eigenvalue weighted by Gasteiger charge is -2.22. The van der Waals surface area contributed by atoms with Crippen molar-refractivity contribution in [2.75, 3.05) is 6.54 Å². The first-order valence-electron chi connectivity index (χ1n) is 7.21. The van der Waals surface area contributed by atoms with Crippen molar-refractivity contribution in [2.45, 2.75) is 33.2 Å². The molecule has 0 radical (unpaired) electrons. The van der Waals surface area contributed by atoms with Crippen LogP contribution in [0.5, 0.6) is 0 Å². The number of carboxylic acids is 1. The van der Waals surface area contributed by atoms with E-state index in [1.807, 2.05) is 24.0 Å². The molecule has 4 heteroatoms. The van der Waals surface area contributed by atoms with E-state index in [9.17, 15) is 9.59 Å². The molecule has 0 spiro atoms. The minimum atomic E-state index is -0.995. The van der Waals surface area contributed by atoms with Gasteiger partial charge in [0.2, 0.25) is 0 Å². The molecule has 1 heterocycles. The van der Waals surface area contributed by atoms with E-state index in [0.29, 0.717) is 11.5 Å². The third-order valence-electron chi connectivity index (χ3n) is 3.96. The number of aryl methyl sites for hydroxylation is 1. The van der Waals surface area contributed by atoms with Crippen LogP contribution in [-0.4, -0.2) is 34.5 Å². The number of carbonyl (C=O) groups excluding carboxylic acids is 1. The van der Waals surface area contributed by atoms with Crippen LogP contribution in [-0.2, 0) is 4.79 Å². The fraction of sp³-hybridized carbons (Fsp3) is 0.412. The van der Waals surface area contributed by atoms with Crippen LogP contribution >= 0.6 is 0 Å². The molecule has 21 heavy (non-hydrogen) atoms. The van der Waals surface area contributed by atoms with Crippen molar-refractivity contribution >= 4 is 18.0 Å². The summed E-state index contributed by atoms with van der Waals surface area (Å²) in [6.45, 7) is 6.92. The molecule has 1 aliphatic heterocycles. The number of carboxylic acid groups (broad SMARTS) is 1. The Morgan fingerprint density at radius 3 is 2.62 bits per heavy atom. The number of carbonyl (C=O) groups is 2. The third kappa shape index (κ3) is 3.51. The minimum Gasteiger partial charge on any atom is -0.478 e. The molecular weight excluding hydrogens is 266 g/mol. The Kier molecular flexibility index (Phi) is 4.46. The average Bonchev–Trinajstić information content (AvgIpc) is 2.76. The molecule has 2 rings (SSSR count). The zero-order valence-electron chi connectivity index (χ0n) is 12.7. The first-order chi connectivity index (χ1) is 9.88. The number of hydrogen-bond acceptors (Lipinski definition) is 2. The highest BCUT2D eigenvalue weighted by Gasteiger charge is 2.31. The van der Waals surface area contributed by atoms with Crippen LogP contribution in [0.15, 0.2) is 24.3 Å². The maximum Gasteiger partial charge on any atom is 0.328 e. The van der Waals surface area contributed by atoms with E-state index < -0.39 is 5.97 Å². The molecule has 1 saturated heterocycles. The van der Waals surface area contributed by atoms with E-state index in [0.717, 1.165) is 30.2 Å². The standard InChI is InChI=1S/C17H21NO3/c1-11-8-13(3)18(10-11)17(21)15-9-14(5-4-12(15)2)6-7-16(19)20/h4-7,9,11,13H,8,10H2,1-3H3,(H,19,20)/b7-6+. The Labute approximate surface area is 125 Å². The molecule has 0 bridgehead atoms. The molecule has 1 aliphatic rings. The van der Waals surface area contributed by atoms with Gasteiger partial charge < -0.3 is 10.0 Å². The topological polar surface area (TPSA) is 57.6 Å². The minimum absolute atomic E-state index is 0.0370. The van der Waals surface area contributed by atoms with Crippen molar-refractivity contribution in [3.05, 3.63) is 41.0 Å². The highest BCUT2D eigenvalue weighted by molar-refractivity contribution is 5.97. The number of amides is 1. The number of nitrogens with zero attached hydrogens (tertiary/aromatic N) is 1. The Bertz CT molecular complexity index is 592. The number of aliphatic carboxylic acids is 1. The Balaban J connectivity index is 2.28. The highest BCUT2D eigenvalue weighted by Crippen LogP contribution is 2.25. The molecule has 1 amide bonds. The maximum atomic E-state index is 12.7. The zero-order valence-corrected chi connectivity index (χ0v) is 12.7. The van der Waals surface area contributed by atoms with Crippen LogP contribution in [0.2, 0.25) is 0 Å². The lowest BCUT2D eigenvalue weighted by molar-refractivity contribution is -0.131. The lowest BCUT2D eigenvalue weighted by atomic mass is 10.0. The fourth-order valence-corrected chi connectivity index (χ4v) is 2.88. The van der Waals surface area contributed by atoms with Crippen LogP contribution in [0.1, 0.15) is 41.8 Å². The molecule has 2 atom stereocenters. The second-order valence-electron chi connectivity index (χ2n) is 5.89. The van der Waals surface area contributed by atoms with E-state index in [1.54, 1.807) is 6.07 Å². The Morgan fingerprint density at radius 2 is 2.05 bits per heavy atom. The predicted octanol–water partition coefficient (Wildman–Crippen LogP) is 2.96. The summed E-state index contributed by atoms with van der Waals surface area (Å²) in [6.07, 6.45) is 3.62. The number of benzene rings is 1. The van der Waals surface area contributed by atoms with E-state index in [-0.39, 0.29) is 11.9 Å². The van der Waals surface area contributed by atoms with Crippen molar-refractivity contribution in [2.24, 2.45) is 5.92 Å². The molecule has 1 fully saturated rings. The normalized spacial score (nSPS) is 22.0. The number of rotatable bonds is 3. The maximum absolute atomic E-state index is 12.7. The summed E-state index contributed by atoms with van der Waals surface area (Å²) < 4.78 is 0. The molecule has 4 nitrogen and oxygen atoms in total. The molecule has 1 aromatic carbocycles. The van der Waals surface area contributed by atoms with Crippen LogP contribution < -0.4 is 0 Å². The SMILES string of the molecule is Cc1ccc(/C=C/C(=O)O)cc1C(=O)N1CC(C)CC1C. The van der Waals surface area contributed by atoms with Gasteiger partial charge in [0.15, 0.2) is 0 Å². The second kappa shape index (κ2) is 6.12. The molecule has 112 valence electrons. The van der Waals surface area contributed by atoms with E-state index in [2.05, 4.69) is 13.8 Å². The van der Waals surface area contributed by atoms with Crippen molar-refractivity contribution in [3.8, 4) is 0 Å². The van der Waals surface area contributed by atoms with Crippen LogP contribution in [0.25, 0.3) is 6.08 Å². The van der Waals surface area contributed by atoms with E-state index in [4.69, 9.17) is 5.11 Å². The van der Waals surface area contributed by atoms with Crippen molar-refractivity contribution in [1.29, 1.82) is 0 Å². The summed E-state index contributed by atoms with van der Waals surface area (Å²) in [6, 6.07) is 5.71. The summed E-state index contributed by atoms with van der Waals surface area (Å²) >= 11 is 0. The summed E-state index contributed by atoms with van der Waals surface area (Å²) in [5, 5.41) is 8.68. The van der Waals surface area contributed by atoms with Crippen LogP contribution in [0, 0.1) is 12.8 Å². The molecule has 1 aromatic rings. The van der Waals surface area contributed by atoms with Gasteiger partial charge in [0.1, 0.15) is 0 Å². The van der Waals surface area contributed by atoms with Gasteiger partial charge in [0.25, 0.3) is 5.91 Å². The van der Waals surface area contributed by atoms with Crippen LogP contribution in [0.3, 0.4) is 0 Å². The average molecular weight is 287 g/mol. The van der Waals surface area contributed by atoms with Crippen molar-refractivity contribution in [3.63, 3.8) is 0 Å². The summed E-state index contributed by atoms with van der Waals surface area (Å²) in [5.41, 5.74) is 2.30. The molecular formula is C17H21NO3. The van der Waals surface area contributed by atoms with Crippen LogP contribution in [0.4, 0.5) is 0 Å². The molecule has 0 aliphatic carbocycles. The quantitative estimate of drug-likeness (QED) is 0.870. The summed E-state index contributed by atoms with van der Waals surface area (Å²) in [5.74, 6) is -0.431. The van der Waals surface area contributed by atoms with Gasteiger partial charge >= 0.3 is 5.97 Å². The number of likely N-dealkylation sites (tertiary alicyclic amines) is 1. The first kappa shape index (κ1) is 15.3. The van der Waals surface area contributed by atoms with Gasteiger partial charge in [-0.15, -0.1) is 0 Å². The van der Waals surface area contributed by atoms with Crippen molar-refractivity contribution in [1.82, 2.24) is 4.90 Å². The van der Waals surface area contributed by atoms with Gasteiger partial charge in [-0.25, -0.2) is 4.79 Å². The monoisotopic (exact) mass is 287 g/mol. The van der Waals surface area contributed by atoms with E-state index >= 15 is 0 Å². The van der Waals surface area contributed by atoms with Crippen molar-refractivity contribution < 1.29 is 14.7 Å². The second-order valence-corrected chi connectivity index (χ2v) is 5.89. The van der Waals surface area contributed by atoms with Gasteiger partial charge in [-0.1, -0.05) is 19.1 Å². The molecule has 0 aromatic heterocycles. The number of hydrogen-bond donors (Lipinski definition) is 1. The predicted molar refractivity (Wildman–Crippen MR) is 82.1 cm³/mol. The van der Waals surface area contributed by atoms with Gasteiger partial charge in [0.05, 0.1) is 0 Å². The molecule has 2 unspecified atom stereocenters. The van der Waals surface area contributed by atoms with Gasteiger partial charge in [0, 0.05) is 24.2 Å². The highest BCUT2D eigenvalue weighted by atomic mass is 16.4. The summed E-state index contributed by atoms with van der Waals surface area (Å²) in [4.78, 5) is 25.2. The largest absolute Gasteiger partial charge is 0.478 e.